The molecular formula is C13H23N3O. The number of carbonyl (C=O) groups excluding carboxylic acids is 1. The zero-order valence-electron chi connectivity index (χ0n) is 10.9. The van der Waals surface area contributed by atoms with Crippen LogP contribution in [0.5, 0.6) is 0 Å². The minimum Gasteiger partial charge on any atom is -0.349 e. The van der Waals surface area contributed by atoms with E-state index < -0.39 is 0 Å². The molecule has 0 bridgehead atoms. The van der Waals surface area contributed by atoms with Crippen LogP contribution in [0.15, 0.2) is 18.7 Å². The molecule has 0 aliphatic heterocycles. The van der Waals surface area contributed by atoms with E-state index >= 15 is 0 Å². The van der Waals surface area contributed by atoms with Crippen LogP contribution in [0.4, 0.5) is 0 Å². The Morgan fingerprint density at radius 2 is 1.88 bits per heavy atom. The molecule has 0 aromatic carbocycles. The SMILES string of the molecule is CN(C)C(=O)CCCCCCCn1ccnc1. The maximum atomic E-state index is 11.3. The summed E-state index contributed by atoms with van der Waals surface area (Å²) in [7, 11) is 3.63. The fourth-order valence-electron chi connectivity index (χ4n) is 1.74. The lowest BCUT2D eigenvalue weighted by Crippen LogP contribution is -2.20. The number of hydrogen-bond donors (Lipinski definition) is 0. The summed E-state index contributed by atoms with van der Waals surface area (Å²) in [4.78, 5) is 17.0. The normalized spacial score (nSPS) is 10.5. The Morgan fingerprint density at radius 3 is 2.53 bits per heavy atom. The van der Waals surface area contributed by atoms with Gasteiger partial charge in [0.05, 0.1) is 6.33 Å². The fraction of sp³-hybridized carbons (Fsp3) is 0.692. The Morgan fingerprint density at radius 1 is 1.18 bits per heavy atom. The van der Waals surface area contributed by atoms with Crippen molar-refractivity contribution in [1.29, 1.82) is 0 Å². The highest BCUT2D eigenvalue weighted by Crippen LogP contribution is 2.07. The predicted octanol–water partition coefficient (Wildman–Crippen LogP) is 2.31. The molecule has 0 aliphatic carbocycles. The number of carbonyl (C=O) groups is 1. The molecule has 0 radical (unpaired) electrons. The van der Waals surface area contributed by atoms with Crippen molar-refractivity contribution >= 4 is 5.91 Å². The average Bonchev–Trinajstić information content (AvgIpc) is 2.80. The summed E-state index contributed by atoms with van der Waals surface area (Å²) in [6.07, 6.45) is 12.2. The second kappa shape index (κ2) is 7.87. The van der Waals surface area contributed by atoms with E-state index in [4.69, 9.17) is 0 Å². The number of aryl methyl sites for hydroxylation is 1. The second-order valence-electron chi connectivity index (χ2n) is 4.61. The molecule has 0 saturated carbocycles. The van der Waals surface area contributed by atoms with Gasteiger partial charge in [0.1, 0.15) is 0 Å². The van der Waals surface area contributed by atoms with Gasteiger partial charge in [0, 0.05) is 39.5 Å². The van der Waals surface area contributed by atoms with Crippen LogP contribution in [0.3, 0.4) is 0 Å². The van der Waals surface area contributed by atoms with E-state index in [9.17, 15) is 4.79 Å². The molecule has 4 nitrogen and oxygen atoms in total. The molecule has 0 saturated heterocycles. The third kappa shape index (κ3) is 6.09. The molecule has 0 unspecified atom stereocenters. The number of unbranched alkanes of at least 4 members (excludes halogenated alkanes) is 4. The van der Waals surface area contributed by atoms with Crippen LogP contribution in [0.2, 0.25) is 0 Å². The maximum absolute atomic E-state index is 11.3. The molecule has 96 valence electrons. The van der Waals surface area contributed by atoms with Gasteiger partial charge in [-0.1, -0.05) is 19.3 Å². The summed E-state index contributed by atoms with van der Waals surface area (Å²) in [5, 5.41) is 0. The van der Waals surface area contributed by atoms with Gasteiger partial charge in [0.15, 0.2) is 0 Å². The smallest absolute Gasteiger partial charge is 0.222 e. The Bertz CT molecular complexity index is 306. The number of rotatable bonds is 8. The summed E-state index contributed by atoms with van der Waals surface area (Å²) in [5.74, 6) is 0.239. The van der Waals surface area contributed by atoms with Gasteiger partial charge >= 0.3 is 0 Å². The van der Waals surface area contributed by atoms with Crippen molar-refractivity contribution in [3.63, 3.8) is 0 Å². The van der Waals surface area contributed by atoms with Crippen LogP contribution in [0.25, 0.3) is 0 Å². The third-order valence-corrected chi connectivity index (χ3v) is 2.86. The predicted molar refractivity (Wildman–Crippen MR) is 68.6 cm³/mol. The number of nitrogens with zero attached hydrogens (tertiary/aromatic N) is 3. The van der Waals surface area contributed by atoms with Gasteiger partial charge in [-0.25, -0.2) is 4.98 Å². The Balaban J connectivity index is 1.89. The lowest BCUT2D eigenvalue weighted by Gasteiger charge is -2.09. The van der Waals surface area contributed by atoms with Crippen molar-refractivity contribution in [3.05, 3.63) is 18.7 Å². The number of imidazole rings is 1. The zero-order valence-corrected chi connectivity index (χ0v) is 10.9. The first-order valence-corrected chi connectivity index (χ1v) is 6.36. The first-order valence-electron chi connectivity index (χ1n) is 6.36. The number of hydrogen-bond acceptors (Lipinski definition) is 2. The monoisotopic (exact) mass is 237 g/mol. The Kier molecular flexibility index (Phi) is 6.37. The van der Waals surface area contributed by atoms with E-state index in [1.54, 1.807) is 4.90 Å². The highest BCUT2D eigenvalue weighted by molar-refractivity contribution is 5.75. The van der Waals surface area contributed by atoms with E-state index in [2.05, 4.69) is 9.55 Å². The molecule has 0 atom stereocenters. The molecule has 1 heterocycles. The number of amides is 1. The fourth-order valence-corrected chi connectivity index (χ4v) is 1.74. The molecule has 0 N–H and O–H groups in total. The summed E-state index contributed by atoms with van der Waals surface area (Å²) in [6.45, 7) is 1.05. The van der Waals surface area contributed by atoms with Gasteiger partial charge in [-0.15, -0.1) is 0 Å². The van der Waals surface area contributed by atoms with E-state index in [0.29, 0.717) is 6.42 Å². The van der Waals surface area contributed by atoms with Gasteiger partial charge in [-0.2, -0.15) is 0 Å². The van der Waals surface area contributed by atoms with Gasteiger partial charge in [-0.3, -0.25) is 4.79 Å². The third-order valence-electron chi connectivity index (χ3n) is 2.86. The van der Waals surface area contributed by atoms with Gasteiger partial charge in [0.2, 0.25) is 5.91 Å². The van der Waals surface area contributed by atoms with Gasteiger partial charge in [-0.05, 0) is 12.8 Å². The zero-order chi connectivity index (χ0) is 12.5. The Labute approximate surface area is 104 Å². The van der Waals surface area contributed by atoms with E-state index in [0.717, 1.165) is 19.4 Å². The highest BCUT2D eigenvalue weighted by Gasteiger charge is 2.02. The van der Waals surface area contributed by atoms with Crippen LogP contribution < -0.4 is 0 Å². The molecule has 1 aromatic heterocycles. The number of aromatic nitrogens is 2. The van der Waals surface area contributed by atoms with Crippen molar-refractivity contribution in [1.82, 2.24) is 14.5 Å². The Hall–Kier alpha value is -1.32. The van der Waals surface area contributed by atoms with E-state index in [-0.39, 0.29) is 5.91 Å². The highest BCUT2D eigenvalue weighted by atomic mass is 16.2. The molecule has 1 amide bonds. The van der Waals surface area contributed by atoms with Crippen molar-refractivity contribution in [2.45, 2.75) is 45.1 Å². The molecule has 1 aromatic rings. The first-order chi connectivity index (χ1) is 8.20. The van der Waals surface area contributed by atoms with Crippen molar-refractivity contribution < 1.29 is 4.79 Å². The summed E-state index contributed by atoms with van der Waals surface area (Å²) < 4.78 is 2.11. The summed E-state index contributed by atoms with van der Waals surface area (Å²) in [6, 6.07) is 0. The maximum Gasteiger partial charge on any atom is 0.222 e. The molecule has 0 fully saturated rings. The molecule has 17 heavy (non-hydrogen) atoms. The van der Waals surface area contributed by atoms with E-state index in [1.165, 1.54) is 19.3 Å². The molecule has 4 heteroatoms. The van der Waals surface area contributed by atoms with Crippen molar-refractivity contribution in [2.24, 2.45) is 0 Å². The van der Waals surface area contributed by atoms with Crippen LogP contribution in [-0.2, 0) is 11.3 Å². The van der Waals surface area contributed by atoms with Gasteiger partial charge in [0.25, 0.3) is 0 Å². The quantitative estimate of drug-likeness (QED) is 0.651. The van der Waals surface area contributed by atoms with Crippen LogP contribution >= 0.6 is 0 Å². The largest absolute Gasteiger partial charge is 0.349 e. The van der Waals surface area contributed by atoms with Crippen molar-refractivity contribution in [2.75, 3.05) is 14.1 Å². The van der Waals surface area contributed by atoms with Gasteiger partial charge < -0.3 is 9.47 Å². The second-order valence-corrected chi connectivity index (χ2v) is 4.61. The molecule has 0 spiro atoms. The first kappa shape index (κ1) is 13.7. The van der Waals surface area contributed by atoms with E-state index in [1.807, 2.05) is 32.8 Å². The molecular weight excluding hydrogens is 214 g/mol. The minimum atomic E-state index is 0.239. The summed E-state index contributed by atoms with van der Waals surface area (Å²) in [5.41, 5.74) is 0. The topological polar surface area (TPSA) is 38.1 Å². The van der Waals surface area contributed by atoms with Crippen molar-refractivity contribution in [3.8, 4) is 0 Å². The van der Waals surface area contributed by atoms with Crippen LogP contribution in [0, 0.1) is 0 Å². The lowest BCUT2D eigenvalue weighted by molar-refractivity contribution is -0.128. The lowest BCUT2D eigenvalue weighted by atomic mass is 10.1. The van der Waals surface area contributed by atoms with Crippen LogP contribution in [-0.4, -0.2) is 34.5 Å². The molecule has 0 aliphatic rings. The average molecular weight is 237 g/mol. The minimum absolute atomic E-state index is 0.239. The summed E-state index contributed by atoms with van der Waals surface area (Å²) >= 11 is 0. The molecule has 1 rings (SSSR count). The standard InChI is InChI=1S/C13H23N3O/c1-15(2)13(17)8-6-4-3-5-7-10-16-11-9-14-12-16/h9,11-12H,3-8,10H2,1-2H3. The van der Waals surface area contributed by atoms with Crippen LogP contribution in [0.1, 0.15) is 38.5 Å².